The van der Waals surface area contributed by atoms with Gasteiger partial charge in [0.25, 0.3) is 0 Å². The smallest absolute Gasteiger partial charge is 0.0510 e. The van der Waals surface area contributed by atoms with Crippen LogP contribution in [-0.4, -0.2) is 25.1 Å². The molecule has 2 N–H and O–H groups in total. The fourth-order valence-corrected chi connectivity index (χ4v) is 3.07. The van der Waals surface area contributed by atoms with E-state index in [9.17, 15) is 0 Å². The van der Waals surface area contributed by atoms with Crippen molar-refractivity contribution in [3.8, 4) is 0 Å². The highest BCUT2D eigenvalue weighted by Crippen LogP contribution is 2.29. The van der Waals surface area contributed by atoms with Gasteiger partial charge in [-0.15, -0.1) is 0 Å². The van der Waals surface area contributed by atoms with Crippen LogP contribution in [0.1, 0.15) is 25.5 Å². The predicted molar refractivity (Wildman–Crippen MR) is 83.0 cm³/mol. The molecule has 1 aromatic rings. The Hall–Kier alpha value is -0.190. The Bertz CT molecular complexity index is 368. The Morgan fingerprint density at radius 1 is 1.41 bits per heavy atom. The summed E-state index contributed by atoms with van der Waals surface area (Å²) in [5.41, 5.74) is 8.26. The molecule has 2 nitrogen and oxygen atoms in total. The van der Waals surface area contributed by atoms with Gasteiger partial charge in [-0.1, -0.05) is 6.07 Å². The second kappa shape index (κ2) is 6.66. The summed E-state index contributed by atoms with van der Waals surface area (Å²) in [6, 6.07) is 6.95. The lowest BCUT2D eigenvalue weighted by atomic mass is 10.1. The maximum Gasteiger partial charge on any atom is 0.0510 e. The normalized spacial score (nSPS) is 14.5. The van der Waals surface area contributed by atoms with E-state index in [1.54, 1.807) is 0 Å². The van der Waals surface area contributed by atoms with Gasteiger partial charge in [-0.05, 0) is 53.7 Å². The monoisotopic (exact) mass is 316 g/mol. The van der Waals surface area contributed by atoms with Crippen LogP contribution in [0.5, 0.6) is 0 Å². The highest BCUT2D eigenvalue weighted by Gasteiger charge is 2.13. The third-order valence-corrected chi connectivity index (χ3v) is 4.40. The predicted octanol–water partition coefficient (Wildman–Crippen LogP) is 3.66. The van der Waals surface area contributed by atoms with Crippen molar-refractivity contribution in [2.24, 2.45) is 5.73 Å². The van der Waals surface area contributed by atoms with E-state index in [-0.39, 0.29) is 6.04 Å². The summed E-state index contributed by atoms with van der Waals surface area (Å²) in [6.45, 7) is 4.24. The molecule has 0 aromatic heterocycles. The van der Waals surface area contributed by atoms with Crippen LogP contribution in [0.25, 0.3) is 0 Å². The van der Waals surface area contributed by atoms with Crippen LogP contribution in [-0.2, 0) is 0 Å². The molecule has 0 fully saturated rings. The summed E-state index contributed by atoms with van der Waals surface area (Å²) < 4.78 is 1.11. The van der Waals surface area contributed by atoms with Gasteiger partial charge in [0.2, 0.25) is 0 Å². The SMILES string of the molecule is CSCC(C)N(C)c1ccc(C(C)N)cc1Br. The molecular weight excluding hydrogens is 296 g/mol. The van der Waals surface area contributed by atoms with E-state index in [1.165, 1.54) is 5.69 Å². The molecule has 17 heavy (non-hydrogen) atoms. The van der Waals surface area contributed by atoms with Gasteiger partial charge >= 0.3 is 0 Å². The lowest BCUT2D eigenvalue weighted by Crippen LogP contribution is -2.31. The minimum atomic E-state index is 0.0780. The number of nitrogens with zero attached hydrogens (tertiary/aromatic N) is 1. The third-order valence-electron chi connectivity index (χ3n) is 2.95. The number of halogens is 1. The van der Waals surface area contributed by atoms with E-state index >= 15 is 0 Å². The number of nitrogens with two attached hydrogens (primary N) is 1. The van der Waals surface area contributed by atoms with Crippen LogP contribution in [0.2, 0.25) is 0 Å². The van der Waals surface area contributed by atoms with Gasteiger partial charge in [0, 0.05) is 29.4 Å². The second-order valence-electron chi connectivity index (χ2n) is 4.41. The van der Waals surface area contributed by atoms with E-state index in [4.69, 9.17) is 5.73 Å². The van der Waals surface area contributed by atoms with Crippen LogP contribution >= 0.6 is 27.7 Å². The van der Waals surface area contributed by atoms with Crippen molar-refractivity contribution >= 4 is 33.4 Å². The van der Waals surface area contributed by atoms with Gasteiger partial charge in [0.15, 0.2) is 0 Å². The van der Waals surface area contributed by atoms with Gasteiger partial charge in [0.1, 0.15) is 0 Å². The van der Waals surface area contributed by atoms with Crippen molar-refractivity contribution in [1.82, 2.24) is 0 Å². The minimum Gasteiger partial charge on any atom is -0.370 e. The number of rotatable bonds is 5. The van der Waals surface area contributed by atoms with Gasteiger partial charge in [-0.2, -0.15) is 11.8 Å². The van der Waals surface area contributed by atoms with E-state index in [0.717, 1.165) is 15.8 Å². The zero-order valence-corrected chi connectivity index (χ0v) is 13.3. The largest absolute Gasteiger partial charge is 0.370 e. The number of hydrogen-bond acceptors (Lipinski definition) is 3. The van der Waals surface area contributed by atoms with Crippen LogP contribution in [0, 0.1) is 0 Å². The molecule has 2 unspecified atom stereocenters. The summed E-state index contributed by atoms with van der Waals surface area (Å²) in [4.78, 5) is 2.30. The van der Waals surface area contributed by atoms with Crippen molar-refractivity contribution in [3.63, 3.8) is 0 Å². The number of anilines is 1. The molecule has 0 aliphatic carbocycles. The molecule has 0 heterocycles. The first-order chi connectivity index (χ1) is 7.97. The Morgan fingerprint density at radius 2 is 2.06 bits per heavy atom. The highest BCUT2D eigenvalue weighted by atomic mass is 79.9. The maximum atomic E-state index is 5.88. The summed E-state index contributed by atoms with van der Waals surface area (Å²) in [5, 5.41) is 0. The number of benzene rings is 1. The molecule has 0 amide bonds. The van der Waals surface area contributed by atoms with Crippen molar-refractivity contribution in [2.75, 3.05) is 24.0 Å². The number of hydrogen-bond donors (Lipinski definition) is 1. The molecule has 0 radical (unpaired) electrons. The molecule has 0 spiro atoms. The molecular formula is C13H21BrN2S. The summed E-state index contributed by atoms with van der Waals surface area (Å²) >= 11 is 5.50. The van der Waals surface area contributed by atoms with Crippen molar-refractivity contribution < 1.29 is 0 Å². The van der Waals surface area contributed by atoms with Gasteiger partial charge in [-0.3, -0.25) is 0 Å². The molecule has 1 aromatic carbocycles. The minimum absolute atomic E-state index is 0.0780. The maximum absolute atomic E-state index is 5.88. The van der Waals surface area contributed by atoms with Crippen molar-refractivity contribution in [1.29, 1.82) is 0 Å². The summed E-state index contributed by atoms with van der Waals surface area (Å²) in [5.74, 6) is 1.12. The van der Waals surface area contributed by atoms with Crippen LogP contribution in [0.3, 0.4) is 0 Å². The first kappa shape index (κ1) is 14.9. The van der Waals surface area contributed by atoms with Gasteiger partial charge in [0.05, 0.1) is 5.69 Å². The Balaban J connectivity index is 2.91. The fraction of sp³-hybridized carbons (Fsp3) is 0.538. The molecule has 0 aliphatic heterocycles. The highest BCUT2D eigenvalue weighted by molar-refractivity contribution is 9.10. The molecule has 0 bridgehead atoms. The topological polar surface area (TPSA) is 29.3 Å². The first-order valence-corrected chi connectivity index (χ1v) is 7.92. The van der Waals surface area contributed by atoms with Crippen LogP contribution < -0.4 is 10.6 Å². The quantitative estimate of drug-likeness (QED) is 0.899. The molecule has 0 aliphatic rings. The Labute approximate surface area is 117 Å². The average Bonchev–Trinajstić information content (AvgIpc) is 2.28. The second-order valence-corrected chi connectivity index (χ2v) is 6.18. The zero-order valence-electron chi connectivity index (χ0n) is 10.9. The molecule has 4 heteroatoms. The van der Waals surface area contributed by atoms with Gasteiger partial charge < -0.3 is 10.6 Å². The van der Waals surface area contributed by atoms with E-state index in [1.807, 2.05) is 18.7 Å². The van der Waals surface area contributed by atoms with Crippen LogP contribution in [0.15, 0.2) is 22.7 Å². The van der Waals surface area contributed by atoms with E-state index < -0.39 is 0 Å². The molecule has 2 atom stereocenters. The number of thioether (sulfide) groups is 1. The third kappa shape index (κ3) is 3.90. The lowest BCUT2D eigenvalue weighted by molar-refractivity contribution is 0.761. The summed E-state index contributed by atoms with van der Waals surface area (Å²) in [6.07, 6.45) is 2.14. The first-order valence-electron chi connectivity index (χ1n) is 5.74. The molecule has 1 rings (SSSR count). The zero-order chi connectivity index (χ0) is 13.0. The molecule has 0 saturated heterocycles. The van der Waals surface area contributed by atoms with E-state index in [2.05, 4.69) is 59.3 Å². The van der Waals surface area contributed by atoms with E-state index in [0.29, 0.717) is 6.04 Å². The van der Waals surface area contributed by atoms with Crippen LogP contribution in [0.4, 0.5) is 5.69 Å². The van der Waals surface area contributed by atoms with Gasteiger partial charge in [-0.25, -0.2) is 0 Å². The summed E-state index contributed by atoms with van der Waals surface area (Å²) in [7, 11) is 2.13. The molecule has 0 saturated carbocycles. The Kier molecular flexibility index (Phi) is 5.83. The van der Waals surface area contributed by atoms with Crippen molar-refractivity contribution in [2.45, 2.75) is 25.9 Å². The van der Waals surface area contributed by atoms with Crippen molar-refractivity contribution in [3.05, 3.63) is 28.2 Å². The average molecular weight is 317 g/mol. The Morgan fingerprint density at radius 3 is 2.53 bits per heavy atom. The fourth-order valence-electron chi connectivity index (χ4n) is 1.68. The standard InChI is InChI=1S/C13H21BrN2S/c1-9(8-17-4)16(3)13-6-5-11(10(2)15)7-12(13)14/h5-7,9-10H,8,15H2,1-4H3. The molecule has 96 valence electrons. The lowest BCUT2D eigenvalue weighted by Gasteiger charge is -2.28.